The Kier molecular flexibility index (Phi) is 7.29. The largest absolute Gasteiger partial charge is 0.493 e. The topological polar surface area (TPSA) is 77.1 Å². The van der Waals surface area contributed by atoms with Gasteiger partial charge in [-0.1, -0.05) is 31.2 Å². The van der Waals surface area contributed by atoms with Gasteiger partial charge in [0.25, 0.3) is 5.91 Å². The third-order valence-corrected chi connectivity index (χ3v) is 7.10. The van der Waals surface area contributed by atoms with Crippen LogP contribution in [0, 0.1) is 5.41 Å². The monoisotopic (exact) mass is 466 g/mol. The van der Waals surface area contributed by atoms with E-state index in [1.807, 2.05) is 36.4 Å². The van der Waals surface area contributed by atoms with E-state index in [0.717, 1.165) is 24.2 Å². The zero-order valence-corrected chi connectivity index (χ0v) is 20.2. The molecule has 0 unspecified atom stereocenters. The number of rotatable bonds is 7. The van der Waals surface area contributed by atoms with Crippen molar-refractivity contribution in [1.29, 1.82) is 0 Å². The van der Waals surface area contributed by atoms with Gasteiger partial charge in [0.15, 0.2) is 11.5 Å². The summed E-state index contributed by atoms with van der Waals surface area (Å²) in [5.74, 6) is 1.30. The van der Waals surface area contributed by atoms with Gasteiger partial charge in [-0.25, -0.2) is 4.79 Å². The number of ether oxygens (including phenoxy) is 3. The first-order chi connectivity index (χ1) is 16.4. The molecule has 2 aromatic carbocycles. The van der Waals surface area contributed by atoms with Gasteiger partial charge in [-0.2, -0.15) is 0 Å². The highest BCUT2D eigenvalue weighted by atomic mass is 16.5. The Bertz CT molecular complexity index is 1010. The summed E-state index contributed by atoms with van der Waals surface area (Å²) in [5.41, 5.74) is 1.27. The fourth-order valence-electron chi connectivity index (χ4n) is 5.17. The van der Waals surface area contributed by atoms with Crippen LogP contribution in [-0.4, -0.2) is 56.9 Å². The van der Waals surface area contributed by atoms with E-state index in [1.165, 1.54) is 20.0 Å². The molecule has 0 aromatic heterocycles. The summed E-state index contributed by atoms with van der Waals surface area (Å²) in [5, 5.41) is 3.08. The molecule has 2 fully saturated rings. The Morgan fingerprint density at radius 2 is 1.79 bits per heavy atom. The number of likely N-dealkylation sites (tertiary alicyclic amines) is 1. The number of carbonyl (C=O) groups excluding carboxylic acids is 2. The van der Waals surface area contributed by atoms with Gasteiger partial charge in [0.2, 0.25) is 0 Å². The van der Waals surface area contributed by atoms with Gasteiger partial charge >= 0.3 is 6.09 Å². The summed E-state index contributed by atoms with van der Waals surface area (Å²) in [4.78, 5) is 26.9. The van der Waals surface area contributed by atoms with Crippen LogP contribution < -0.4 is 14.8 Å². The van der Waals surface area contributed by atoms with Gasteiger partial charge < -0.3 is 24.4 Å². The smallest absolute Gasteiger partial charge is 0.409 e. The van der Waals surface area contributed by atoms with E-state index in [4.69, 9.17) is 14.2 Å². The first-order valence-corrected chi connectivity index (χ1v) is 11.9. The van der Waals surface area contributed by atoms with Crippen molar-refractivity contribution in [3.05, 3.63) is 59.7 Å². The van der Waals surface area contributed by atoms with Crippen LogP contribution in [0.15, 0.2) is 48.5 Å². The van der Waals surface area contributed by atoms with Crippen LogP contribution >= 0.6 is 0 Å². The summed E-state index contributed by atoms with van der Waals surface area (Å²) in [6, 6.07) is 15.2. The molecule has 2 amide bonds. The summed E-state index contributed by atoms with van der Waals surface area (Å²) in [7, 11) is 3.04. The lowest BCUT2D eigenvalue weighted by atomic mass is 9.76. The SMILES string of the molecule is COC(=O)N1C[C@@H](c2ccc(OC)c(OC3CCCC3)c2)[C@](C)(CNC(=O)c2ccccc2)C1. The maximum atomic E-state index is 12.7. The van der Waals surface area contributed by atoms with E-state index in [1.54, 1.807) is 24.1 Å². The molecule has 7 heteroatoms. The van der Waals surface area contributed by atoms with Crippen LogP contribution in [-0.2, 0) is 4.74 Å². The maximum absolute atomic E-state index is 12.7. The number of nitrogens with one attached hydrogen (secondary N) is 1. The molecule has 182 valence electrons. The molecule has 7 nitrogen and oxygen atoms in total. The van der Waals surface area contributed by atoms with Crippen molar-refractivity contribution in [2.24, 2.45) is 5.41 Å². The normalized spacial score (nSPS) is 22.4. The second-order valence-corrected chi connectivity index (χ2v) is 9.54. The summed E-state index contributed by atoms with van der Waals surface area (Å²) < 4.78 is 16.9. The highest BCUT2D eigenvalue weighted by Gasteiger charge is 2.46. The van der Waals surface area contributed by atoms with Gasteiger partial charge in [0.1, 0.15) is 0 Å². The number of hydrogen-bond donors (Lipinski definition) is 1. The molecule has 1 aliphatic heterocycles. The molecule has 0 bridgehead atoms. The predicted octanol–water partition coefficient (Wildman–Crippen LogP) is 4.62. The molecule has 1 saturated carbocycles. The van der Waals surface area contributed by atoms with Gasteiger partial charge in [-0.3, -0.25) is 4.79 Å². The lowest BCUT2D eigenvalue weighted by Crippen LogP contribution is -2.40. The molecule has 1 aliphatic carbocycles. The van der Waals surface area contributed by atoms with Crippen molar-refractivity contribution in [1.82, 2.24) is 10.2 Å². The number of benzene rings is 2. The average molecular weight is 467 g/mol. The molecular formula is C27H34N2O5. The number of nitrogens with zero attached hydrogens (tertiary/aromatic N) is 1. The molecule has 2 aliphatic rings. The number of carbonyl (C=O) groups is 2. The van der Waals surface area contributed by atoms with Crippen molar-refractivity contribution >= 4 is 12.0 Å². The van der Waals surface area contributed by atoms with Crippen molar-refractivity contribution in [3.63, 3.8) is 0 Å². The highest BCUT2D eigenvalue weighted by Crippen LogP contribution is 2.45. The van der Waals surface area contributed by atoms with E-state index in [-0.39, 0.29) is 24.0 Å². The first kappa shape index (κ1) is 23.9. The molecule has 34 heavy (non-hydrogen) atoms. The molecule has 4 rings (SSSR count). The van der Waals surface area contributed by atoms with Gasteiger partial charge in [0, 0.05) is 36.5 Å². The molecule has 0 spiro atoms. The number of methoxy groups -OCH3 is 2. The lowest BCUT2D eigenvalue weighted by Gasteiger charge is -2.31. The van der Waals surface area contributed by atoms with E-state index in [2.05, 4.69) is 12.2 Å². The Balaban J connectivity index is 1.59. The van der Waals surface area contributed by atoms with Crippen LogP contribution in [0.5, 0.6) is 11.5 Å². The van der Waals surface area contributed by atoms with Crippen molar-refractivity contribution in [2.75, 3.05) is 33.9 Å². The van der Waals surface area contributed by atoms with E-state index < -0.39 is 5.41 Å². The third-order valence-electron chi connectivity index (χ3n) is 7.10. The van der Waals surface area contributed by atoms with E-state index in [0.29, 0.717) is 30.9 Å². The third kappa shape index (κ3) is 5.13. The molecule has 2 atom stereocenters. The van der Waals surface area contributed by atoms with Gasteiger partial charge in [0.05, 0.1) is 20.3 Å². The second kappa shape index (κ2) is 10.4. The van der Waals surface area contributed by atoms with Gasteiger partial charge in [-0.05, 0) is 55.5 Å². The Morgan fingerprint density at radius 3 is 2.47 bits per heavy atom. The van der Waals surface area contributed by atoms with Crippen molar-refractivity contribution in [3.8, 4) is 11.5 Å². The van der Waals surface area contributed by atoms with Crippen LogP contribution in [0.3, 0.4) is 0 Å². The molecule has 2 aromatic rings. The average Bonchev–Trinajstić information content (AvgIpc) is 3.50. The lowest BCUT2D eigenvalue weighted by molar-refractivity contribution is 0.0930. The summed E-state index contributed by atoms with van der Waals surface area (Å²) >= 11 is 0. The Labute approximate surface area is 201 Å². The van der Waals surface area contributed by atoms with Crippen LogP contribution in [0.1, 0.15) is 54.4 Å². The van der Waals surface area contributed by atoms with Gasteiger partial charge in [-0.15, -0.1) is 0 Å². The highest BCUT2D eigenvalue weighted by molar-refractivity contribution is 5.94. The minimum atomic E-state index is -0.391. The summed E-state index contributed by atoms with van der Waals surface area (Å²) in [6.45, 7) is 3.50. The fourth-order valence-corrected chi connectivity index (χ4v) is 5.17. The maximum Gasteiger partial charge on any atom is 0.409 e. The first-order valence-electron chi connectivity index (χ1n) is 11.9. The second-order valence-electron chi connectivity index (χ2n) is 9.54. The van der Waals surface area contributed by atoms with E-state index >= 15 is 0 Å². The Hall–Kier alpha value is -3.22. The predicted molar refractivity (Wildman–Crippen MR) is 129 cm³/mol. The van der Waals surface area contributed by atoms with Crippen LogP contribution in [0.4, 0.5) is 4.79 Å². The zero-order chi connectivity index (χ0) is 24.1. The Morgan fingerprint density at radius 1 is 1.06 bits per heavy atom. The zero-order valence-electron chi connectivity index (χ0n) is 20.2. The van der Waals surface area contributed by atoms with Crippen LogP contribution in [0.25, 0.3) is 0 Å². The molecule has 1 heterocycles. The fraction of sp³-hybridized carbons (Fsp3) is 0.481. The molecule has 1 N–H and O–H groups in total. The molecule has 1 saturated heterocycles. The van der Waals surface area contributed by atoms with Crippen molar-refractivity contribution < 1.29 is 23.8 Å². The number of amides is 2. The number of hydrogen-bond acceptors (Lipinski definition) is 5. The summed E-state index contributed by atoms with van der Waals surface area (Å²) in [6.07, 6.45) is 4.31. The molecular weight excluding hydrogens is 432 g/mol. The minimum absolute atomic E-state index is 0.0143. The quantitative estimate of drug-likeness (QED) is 0.644. The molecule has 0 radical (unpaired) electrons. The van der Waals surface area contributed by atoms with Crippen LogP contribution in [0.2, 0.25) is 0 Å². The minimum Gasteiger partial charge on any atom is -0.493 e. The van der Waals surface area contributed by atoms with E-state index in [9.17, 15) is 9.59 Å². The van der Waals surface area contributed by atoms with Crippen molar-refractivity contribution in [2.45, 2.75) is 44.6 Å². The standard InChI is InChI=1S/C27H34N2O5/c1-27(17-28-25(30)19-9-5-4-6-10-19)18-29(26(31)33-3)16-22(27)20-13-14-23(32-2)24(15-20)34-21-11-7-8-12-21/h4-6,9-10,13-15,21-22H,7-8,11-12,16-18H2,1-3H3,(H,28,30)/t22-,27+/m0/s1.